The largest absolute Gasteiger partial charge is 0.329 e. The Labute approximate surface area is 65.0 Å². The van der Waals surface area contributed by atoms with Gasteiger partial charge in [0.05, 0.1) is 11.8 Å². The molecule has 2 aliphatic heterocycles. The van der Waals surface area contributed by atoms with E-state index in [0.29, 0.717) is 16.0 Å². The van der Waals surface area contributed by atoms with Crippen LogP contribution in [0.5, 0.6) is 0 Å². The van der Waals surface area contributed by atoms with Crippen LogP contribution >= 0.6 is 11.8 Å². The molecule has 2 heterocycles. The molecule has 0 aromatic rings. The van der Waals surface area contributed by atoms with E-state index in [4.69, 9.17) is 0 Å². The van der Waals surface area contributed by atoms with E-state index in [2.05, 4.69) is 13.8 Å². The minimum absolute atomic E-state index is 0.302. The number of hydrogen-bond donors (Lipinski definition) is 0. The Balaban J connectivity index is 2.12. The Morgan fingerprint density at radius 1 is 1.70 bits per heavy atom. The van der Waals surface area contributed by atoms with Crippen LogP contribution in [0, 0.1) is 0 Å². The molecule has 0 aromatic carbocycles. The number of nitrogens with zero attached hydrogens (tertiary/aromatic N) is 1. The van der Waals surface area contributed by atoms with Crippen LogP contribution in [-0.2, 0) is 4.79 Å². The van der Waals surface area contributed by atoms with Crippen molar-refractivity contribution in [3.63, 3.8) is 0 Å². The van der Waals surface area contributed by atoms with E-state index in [1.807, 2.05) is 16.7 Å². The van der Waals surface area contributed by atoms with Gasteiger partial charge in [0.25, 0.3) is 0 Å². The predicted molar refractivity (Wildman–Crippen MR) is 41.8 cm³/mol. The van der Waals surface area contributed by atoms with Crippen molar-refractivity contribution in [3.05, 3.63) is 0 Å². The minimum Gasteiger partial charge on any atom is -0.329 e. The van der Waals surface area contributed by atoms with Crippen molar-refractivity contribution in [2.75, 3.05) is 6.54 Å². The zero-order valence-corrected chi connectivity index (χ0v) is 7.07. The second-order valence-electron chi connectivity index (χ2n) is 3.56. The normalized spacial score (nSPS) is 35.6. The lowest BCUT2D eigenvalue weighted by Crippen LogP contribution is -2.47. The minimum atomic E-state index is 0.302. The molecule has 0 N–H and O–H groups in total. The van der Waals surface area contributed by atoms with Crippen molar-refractivity contribution < 1.29 is 4.79 Å². The molecule has 2 saturated heterocycles. The number of carbonyl (C=O) groups excluding carboxylic acids is 1. The quantitative estimate of drug-likeness (QED) is 0.490. The van der Waals surface area contributed by atoms with Crippen LogP contribution < -0.4 is 0 Å². The molecule has 1 atom stereocenters. The summed E-state index contributed by atoms with van der Waals surface area (Å²) in [5, 5.41) is 0.516. The first-order valence-corrected chi connectivity index (χ1v) is 4.44. The summed E-state index contributed by atoms with van der Waals surface area (Å²) in [5.74, 6) is 0.336. The summed E-state index contributed by atoms with van der Waals surface area (Å²) in [6.07, 6.45) is 0.772. The van der Waals surface area contributed by atoms with Crippen LogP contribution in [0.3, 0.4) is 0 Å². The third kappa shape index (κ3) is 0.764. The zero-order chi connectivity index (χ0) is 7.35. The zero-order valence-electron chi connectivity index (χ0n) is 6.26. The highest BCUT2D eigenvalue weighted by molar-refractivity contribution is 8.01. The van der Waals surface area contributed by atoms with Crippen LogP contribution in [-0.4, -0.2) is 27.5 Å². The van der Waals surface area contributed by atoms with Crippen LogP contribution in [0.15, 0.2) is 0 Å². The van der Waals surface area contributed by atoms with Gasteiger partial charge in [-0.25, -0.2) is 0 Å². The number of amides is 1. The number of carbonyl (C=O) groups is 1. The molecule has 2 rings (SSSR count). The molecule has 10 heavy (non-hydrogen) atoms. The summed E-state index contributed by atoms with van der Waals surface area (Å²) >= 11 is 1.93. The summed E-state index contributed by atoms with van der Waals surface area (Å²) in [5.41, 5.74) is 0. The Morgan fingerprint density at radius 2 is 2.40 bits per heavy atom. The maximum absolute atomic E-state index is 10.9. The number of hydrogen-bond acceptors (Lipinski definition) is 2. The van der Waals surface area contributed by atoms with E-state index < -0.39 is 0 Å². The van der Waals surface area contributed by atoms with Crippen LogP contribution in [0.2, 0.25) is 0 Å². The van der Waals surface area contributed by atoms with Crippen LogP contribution in [0.1, 0.15) is 20.3 Å². The van der Waals surface area contributed by atoms with E-state index in [0.717, 1.165) is 13.0 Å². The number of β-lactam (4-membered cyclic amide) rings is 1. The first kappa shape index (κ1) is 6.53. The average molecular weight is 157 g/mol. The standard InChI is InChI=1S/C7H11NOS/c1-7(2)4-8-5(9)3-6(8)10-7/h6H,3-4H2,1-2H3/t6-/m0/s1. The van der Waals surface area contributed by atoms with Gasteiger partial charge in [0.1, 0.15) is 0 Å². The average Bonchev–Trinajstić information content (AvgIpc) is 2.04. The summed E-state index contributed by atoms with van der Waals surface area (Å²) in [6.45, 7) is 5.34. The number of rotatable bonds is 0. The molecular weight excluding hydrogens is 146 g/mol. The number of fused-ring (bicyclic) bond motifs is 1. The summed E-state index contributed by atoms with van der Waals surface area (Å²) < 4.78 is 0.302. The predicted octanol–water partition coefficient (Wildman–Crippen LogP) is 1.07. The highest BCUT2D eigenvalue weighted by Crippen LogP contribution is 2.45. The van der Waals surface area contributed by atoms with Gasteiger partial charge in [0, 0.05) is 11.3 Å². The molecule has 0 saturated carbocycles. The highest BCUT2D eigenvalue weighted by atomic mass is 32.2. The fourth-order valence-corrected chi connectivity index (χ4v) is 3.03. The van der Waals surface area contributed by atoms with Crippen LogP contribution in [0.4, 0.5) is 0 Å². The van der Waals surface area contributed by atoms with Gasteiger partial charge in [-0.1, -0.05) is 0 Å². The molecule has 0 bridgehead atoms. The van der Waals surface area contributed by atoms with Crippen molar-refractivity contribution >= 4 is 17.7 Å². The van der Waals surface area contributed by atoms with Gasteiger partial charge >= 0.3 is 0 Å². The third-order valence-corrected chi connectivity index (χ3v) is 3.48. The SMILES string of the molecule is CC1(C)CN2C(=O)C[C@@H]2S1. The highest BCUT2D eigenvalue weighted by Gasteiger charge is 2.48. The van der Waals surface area contributed by atoms with E-state index >= 15 is 0 Å². The van der Waals surface area contributed by atoms with E-state index in [1.165, 1.54) is 0 Å². The molecule has 0 spiro atoms. The smallest absolute Gasteiger partial charge is 0.226 e. The van der Waals surface area contributed by atoms with E-state index in [-0.39, 0.29) is 0 Å². The molecule has 1 amide bonds. The van der Waals surface area contributed by atoms with Crippen molar-refractivity contribution in [1.82, 2.24) is 4.90 Å². The first-order chi connectivity index (χ1) is 4.58. The van der Waals surface area contributed by atoms with Gasteiger partial charge in [-0.05, 0) is 13.8 Å². The maximum Gasteiger partial charge on any atom is 0.226 e. The van der Waals surface area contributed by atoms with Gasteiger partial charge in [-0.3, -0.25) is 4.79 Å². The molecule has 2 fully saturated rings. The fourth-order valence-electron chi connectivity index (χ4n) is 1.54. The van der Waals surface area contributed by atoms with Gasteiger partial charge in [0.15, 0.2) is 0 Å². The summed E-state index contributed by atoms with van der Waals surface area (Å²) in [7, 11) is 0. The summed E-state index contributed by atoms with van der Waals surface area (Å²) in [6, 6.07) is 0. The lowest BCUT2D eigenvalue weighted by Gasteiger charge is -2.32. The fraction of sp³-hybridized carbons (Fsp3) is 0.857. The molecule has 56 valence electrons. The maximum atomic E-state index is 10.9. The van der Waals surface area contributed by atoms with Crippen molar-refractivity contribution in [1.29, 1.82) is 0 Å². The Morgan fingerprint density at radius 3 is 2.80 bits per heavy atom. The lowest BCUT2D eigenvalue weighted by molar-refractivity contribution is -0.140. The first-order valence-electron chi connectivity index (χ1n) is 3.56. The third-order valence-electron chi connectivity index (χ3n) is 2.02. The van der Waals surface area contributed by atoms with Crippen molar-refractivity contribution in [3.8, 4) is 0 Å². The molecule has 3 heteroatoms. The second kappa shape index (κ2) is 1.70. The molecule has 0 unspecified atom stereocenters. The Hall–Kier alpha value is -0.180. The van der Waals surface area contributed by atoms with Crippen LogP contribution in [0.25, 0.3) is 0 Å². The lowest BCUT2D eigenvalue weighted by atomic mass is 10.1. The molecular formula is C7H11NOS. The topological polar surface area (TPSA) is 20.3 Å². The second-order valence-corrected chi connectivity index (χ2v) is 5.44. The van der Waals surface area contributed by atoms with Crippen molar-refractivity contribution in [2.24, 2.45) is 0 Å². The molecule has 0 radical (unpaired) electrons. The van der Waals surface area contributed by atoms with Gasteiger partial charge < -0.3 is 4.90 Å². The van der Waals surface area contributed by atoms with Gasteiger partial charge in [-0.2, -0.15) is 0 Å². The number of thioether (sulfide) groups is 1. The van der Waals surface area contributed by atoms with Crippen molar-refractivity contribution in [2.45, 2.75) is 30.4 Å². The molecule has 0 aromatic heterocycles. The van der Waals surface area contributed by atoms with E-state index in [9.17, 15) is 4.79 Å². The molecule has 2 aliphatic rings. The molecule has 0 aliphatic carbocycles. The van der Waals surface area contributed by atoms with Gasteiger partial charge in [0.2, 0.25) is 5.91 Å². The van der Waals surface area contributed by atoms with Gasteiger partial charge in [-0.15, -0.1) is 11.8 Å². The Bertz CT molecular complexity index is 190. The monoisotopic (exact) mass is 157 g/mol. The molecule has 2 nitrogen and oxygen atoms in total. The summed E-state index contributed by atoms with van der Waals surface area (Å²) in [4.78, 5) is 12.9. The van der Waals surface area contributed by atoms with E-state index in [1.54, 1.807) is 0 Å². The Kier molecular flexibility index (Phi) is 1.11.